The molecule has 200 valence electrons. The Morgan fingerprint density at radius 1 is 0.949 bits per heavy atom. The van der Waals surface area contributed by atoms with Gasteiger partial charge in [0.25, 0.3) is 0 Å². The second-order valence-electron chi connectivity index (χ2n) is 9.75. The van der Waals surface area contributed by atoms with E-state index in [2.05, 4.69) is 21.2 Å². The molecule has 0 saturated carbocycles. The van der Waals surface area contributed by atoms with Crippen molar-refractivity contribution >= 4 is 27.7 Å². The van der Waals surface area contributed by atoms with Crippen molar-refractivity contribution < 1.29 is 23.8 Å². The summed E-state index contributed by atoms with van der Waals surface area (Å²) < 4.78 is 17.2. The fraction of sp³-hybridized carbons (Fsp3) is 0.250. The predicted molar refractivity (Wildman–Crippen MR) is 153 cm³/mol. The van der Waals surface area contributed by atoms with Crippen LogP contribution in [0.4, 0.5) is 0 Å². The molecule has 2 aliphatic rings. The lowest BCUT2D eigenvalue weighted by Crippen LogP contribution is -2.36. The number of halogens is 1. The summed E-state index contributed by atoms with van der Waals surface area (Å²) in [5.41, 5.74) is 5.39. The summed E-state index contributed by atoms with van der Waals surface area (Å²) in [6.07, 6.45) is 1.01. The Kier molecular flexibility index (Phi) is 7.89. The monoisotopic (exact) mass is 587 g/mol. The van der Waals surface area contributed by atoms with Gasteiger partial charge in [0.2, 0.25) is 0 Å². The Morgan fingerprint density at radius 3 is 2.33 bits per heavy atom. The molecule has 5 rings (SSSR count). The molecule has 3 aromatic rings. The van der Waals surface area contributed by atoms with Crippen molar-refractivity contribution in [2.45, 2.75) is 38.2 Å². The van der Waals surface area contributed by atoms with Gasteiger partial charge in [-0.25, -0.2) is 4.79 Å². The first kappa shape index (κ1) is 26.8. The fourth-order valence-electron chi connectivity index (χ4n) is 5.42. The smallest absolute Gasteiger partial charge is 0.337 e. The summed E-state index contributed by atoms with van der Waals surface area (Å²) in [5, 5.41) is 3.41. The van der Waals surface area contributed by atoms with Crippen molar-refractivity contribution in [2.75, 3.05) is 14.2 Å². The van der Waals surface area contributed by atoms with Gasteiger partial charge in [0.05, 0.1) is 24.3 Å². The van der Waals surface area contributed by atoms with E-state index in [0.29, 0.717) is 35.4 Å². The molecule has 2 atom stereocenters. The molecule has 1 aliphatic heterocycles. The third kappa shape index (κ3) is 5.50. The quantitative estimate of drug-likeness (QED) is 0.315. The van der Waals surface area contributed by atoms with Crippen LogP contribution in [0.25, 0.3) is 0 Å². The van der Waals surface area contributed by atoms with Crippen LogP contribution < -0.4 is 14.8 Å². The van der Waals surface area contributed by atoms with Gasteiger partial charge in [0.15, 0.2) is 5.78 Å². The minimum Gasteiger partial charge on any atom is -0.497 e. The van der Waals surface area contributed by atoms with E-state index in [9.17, 15) is 9.59 Å². The minimum absolute atomic E-state index is 0.0161. The first-order valence-corrected chi connectivity index (χ1v) is 13.6. The molecule has 0 saturated heterocycles. The molecule has 0 unspecified atom stereocenters. The van der Waals surface area contributed by atoms with E-state index in [4.69, 9.17) is 14.2 Å². The topological polar surface area (TPSA) is 73.9 Å². The first-order valence-electron chi connectivity index (χ1n) is 12.8. The number of hydrogen-bond acceptors (Lipinski definition) is 6. The summed E-state index contributed by atoms with van der Waals surface area (Å²) in [4.78, 5) is 27.4. The zero-order valence-electron chi connectivity index (χ0n) is 22.1. The van der Waals surface area contributed by atoms with Gasteiger partial charge in [0, 0.05) is 29.3 Å². The minimum atomic E-state index is -0.559. The van der Waals surface area contributed by atoms with Crippen LogP contribution >= 0.6 is 15.9 Å². The third-order valence-electron chi connectivity index (χ3n) is 7.36. The van der Waals surface area contributed by atoms with E-state index >= 15 is 0 Å². The number of methoxy groups -OCH3 is 2. The molecule has 0 amide bonds. The van der Waals surface area contributed by atoms with Crippen molar-refractivity contribution in [3.05, 3.63) is 116 Å². The van der Waals surface area contributed by atoms with Crippen LogP contribution in [0, 0.1) is 0 Å². The molecule has 1 aliphatic carbocycles. The molecule has 1 N–H and O–H groups in total. The van der Waals surface area contributed by atoms with Crippen molar-refractivity contribution in [1.82, 2.24) is 5.32 Å². The largest absolute Gasteiger partial charge is 0.497 e. The molecular weight excluding hydrogens is 558 g/mol. The van der Waals surface area contributed by atoms with Crippen LogP contribution in [0.2, 0.25) is 0 Å². The van der Waals surface area contributed by atoms with E-state index < -0.39 is 11.9 Å². The van der Waals surface area contributed by atoms with Crippen LogP contribution in [0.3, 0.4) is 0 Å². The van der Waals surface area contributed by atoms with Crippen LogP contribution in [-0.4, -0.2) is 26.0 Å². The Hall–Kier alpha value is -3.84. The molecule has 7 heteroatoms. The summed E-state index contributed by atoms with van der Waals surface area (Å²) >= 11 is 3.58. The van der Waals surface area contributed by atoms with Gasteiger partial charge < -0.3 is 19.5 Å². The first-order chi connectivity index (χ1) is 18.9. The molecule has 1 heterocycles. The number of dihydropyridines is 1. The standard InChI is InChI=1S/C32H30BrNO5/c1-19-29(32(36)39-18-20-7-5-4-6-8-20)30(22-11-14-28(38-3)25(33)15-22)31-26(34-19)16-23(17-27(31)35)21-9-12-24(37-2)13-10-21/h4-15,23,30,34H,16-18H2,1-3H3/t23-,30+/m1/s1. The van der Waals surface area contributed by atoms with E-state index in [-0.39, 0.29) is 18.3 Å². The number of allylic oxidation sites excluding steroid dienone is 3. The van der Waals surface area contributed by atoms with E-state index in [1.165, 1.54) is 0 Å². The van der Waals surface area contributed by atoms with Crippen molar-refractivity contribution in [3.8, 4) is 11.5 Å². The SMILES string of the molecule is COc1ccc([C@H]2CC(=O)C3=C(C2)NC(C)=C(C(=O)OCc2ccccc2)[C@@H]3c2ccc(OC)c(Br)c2)cc1. The molecule has 0 aromatic heterocycles. The summed E-state index contributed by atoms with van der Waals surface area (Å²) in [6.45, 7) is 2.02. The fourth-order valence-corrected chi connectivity index (χ4v) is 5.98. The predicted octanol–water partition coefficient (Wildman–Crippen LogP) is 6.57. The van der Waals surface area contributed by atoms with Gasteiger partial charge in [-0.05, 0) is 76.1 Å². The van der Waals surface area contributed by atoms with Crippen LogP contribution in [0.15, 0.2) is 99.8 Å². The van der Waals surface area contributed by atoms with Crippen LogP contribution in [0.5, 0.6) is 11.5 Å². The van der Waals surface area contributed by atoms with Crippen LogP contribution in [0.1, 0.15) is 48.3 Å². The second-order valence-corrected chi connectivity index (χ2v) is 10.6. The summed E-state index contributed by atoms with van der Waals surface area (Å²) in [7, 11) is 3.24. The molecular formula is C32H30BrNO5. The number of benzene rings is 3. The highest BCUT2D eigenvalue weighted by molar-refractivity contribution is 9.10. The number of Topliss-reactive ketones (excluding diaryl/α,β-unsaturated/α-hetero) is 1. The summed E-state index contributed by atoms with van der Waals surface area (Å²) in [5.74, 6) is 0.484. The van der Waals surface area contributed by atoms with Gasteiger partial charge in [0.1, 0.15) is 18.1 Å². The Labute approximate surface area is 236 Å². The van der Waals surface area contributed by atoms with E-state index in [1.54, 1.807) is 14.2 Å². The number of hydrogen-bond donors (Lipinski definition) is 1. The Morgan fingerprint density at radius 2 is 1.67 bits per heavy atom. The average molecular weight is 588 g/mol. The maximum absolute atomic E-state index is 13.8. The van der Waals surface area contributed by atoms with Crippen molar-refractivity contribution in [1.29, 1.82) is 0 Å². The number of rotatable bonds is 7. The van der Waals surface area contributed by atoms with E-state index in [0.717, 1.165) is 32.6 Å². The number of carbonyl (C=O) groups is 2. The summed E-state index contributed by atoms with van der Waals surface area (Å²) in [6, 6.07) is 23.1. The lowest BCUT2D eigenvalue weighted by Gasteiger charge is -2.37. The van der Waals surface area contributed by atoms with Gasteiger partial charge in [-0.15, -0.1) is 0 Å². The van der Waals surface area contributed by atoms with Gasteiger partial charge in [-0.1, -0.05) is 48.5 Å². The maximum atomic E-state index is 13.8. The maximum Gasteiger partial charge on any atom is 0.337 e. The zero-order valence-corrected chi connectivity index (χ0v) is 23.7. The molecule has 6 nitrogen and oxygen atoms in total. The Balaban J connectivity index is 1.52. The highest BCUT2D eigenvalue weighted by atomic mass is 79.9. The highest BCUT2D eigenvalue weighted by Crippen LogP contribution is 2.46. The number of carbonyl (C=O) groups excluding carboxylic acids is 2. The Bertz CT molecular complexity index is 1460. The molecule has 0 bridgehead atoms. The van der Waals surface area contributed by atoms with Crippen molar-refractivity contribution in [2.24, 2.45) is 0 Å². The average Bonchev–Trinajstić information content (AvgIpc) is 2.95. The number of esters is 1. The zero-order chi connectivity index (χ0) is 27.5. The lowest BCUT2D eigenvalue weighted by molar-refractivity contribution is -0.140. The molecule has 0 fully saturated rings. The number of nitrogens with one attached hydrogen (secondary N) is 1. The molecule has 39 heavy (non-hydrogen) atoms. The van der Waals surface area contributed by atoms with Crippen LogP contribution in [-0.2, 0) is 20.9 Å². The van der Waals surface area contributed by atoms with Crippen molar-refractivity contribution in [3.63, 3.8) is 0 Å². The molecule has 0 spiro atoms. The van der Waals surface area contributed by atoms with E-state index in [1.807, 2.05) is 79.7 Å². The number of ether oxygens (including phenoxy) is 3. The normalized spacial score (nSPS) is 18.8. The number of ketones is 1. The lowest BCUT2D eigenvalue weighted by atomic mass is 9.71. The highest BCUT2D eigenvalue weighted by Gasteiger charge is 2.41. The van der Waals surface area contributed by atoms with Gasteiger partial charge >= 0.3 is 5.97 Å². The van der Waals surface area contributed by atoms with Gasteiger partial charge in [-0.2, -0.15) is 0 Å². The second kappa shape index (κ2) is 11.5. The molecule has 0 radical (unpaired) electrons. The molecule has 3 aromatic carbocycles. The third-order valence-corrected chi connectivity index (χ3v) is 7.98. The van der Waals surface area contributed by atoms with Gasteiger partial charge in [-0.3, -0.25) is 4.79 Å².